The molecule has 0 unspecified atom stereocenters. The van der Waals surface area contributed by atoms with Crippen molar-refractivity contribution in [2.75, 3.05) is 11.5 Å². The van der Waals surface area contributed by atoms with Crippen LogP contribution in [0.1, 0.15) is 18.1 Å². The summed E-state index contributed by atoms with van der Waals surface area (Å²) in [5.74, 6) is 1.41. The summed E-state index contributed by atoms with van der Waals surface area (Å²) in [5, 5.41) is 2.40. The molecule has 0 bridgehead atoms. The molecular weight excluding hydrogens is 474 g/mol. The summed E-state index contributed by atoms with van der Waals surface area (Å²) in [6, 6.07) is 29.7. The number of hydrogen-bond donors (Lipinski definition) is 0. The van der Waals surface area contributed by atoms with E-state index in [4.69, 9.17) is 21.7 Å². The van der Waals surface area contributed by atoms with Gasteiger partial charge in [0.2, 0.25) is 0 Å². The second kappa shape index (κ2) is 10.3. The molecule has 6 heteroatoms. The summed E-state index contributed by atoms with van der Waals surface area (Å²) in [5.41, 5.74) is 2.79. The van der Waals surface area contributed by atoms with Crippen LogP contribution in [-0.4, -0.2) is 16.8 Å². The Kier molecular flexibility index (Phi) is 6.84. The summed E-state index contributed by atoms with van der Waals surface area (Å²) in [4.78, 5) is 15.2. The second-order valence-corrected chi connectivity index (χ2v) is 9.62. The molecule has 4 aromatic carbocycles. The molecule has 0 atom stereocenters. The number of benzene rings is 4. The van der Waals surface area contributed by atoms with Gasteiger partial charge in [-0.25, -0.2) is 0 Å². The molecule has 0 radical (unpaired) electrons. The number of thiocarbonyl (C=S) groups is 1. The van der Waals surface area contributed by atoms with Crippen molar-refractivity contribution in [1.29, 1.82) is 0 Å². The van der Waals surface area contributed by atoms with E-state index < -0.39 is 0 Å². The molecule has 1 amide bonds. The lowest BCUT2D eigenvalue weighted by molar-refractivity contribution is -0.113. The van der Waals surface area contributed by atoms with Crippen molar-refractivity contribution >= 4 is 56.7 Å². The molecule has 4 nitrogen and oxygen atoms in total. The van der Waals surface area contributed by atoms with Crippen LogP contribution in [0.3, 0.4) is 0 Å². The minimum Gasteiger partial charge on any atom is -0.494 e. The van der Waals surface area contributed by atoms with Gasteiger partial charge in [-0.3, -0.25) is 9.69 Å². The lowest BCUT2D eigenvalue weighted by Crippen LogP contribution is -2.27. The van der Waals surface area contributed by atoms with E-state index in [1.54, 1.807) is 4.90 Å². The van der Waals surface area contributed by atoms with Gasteiger partial charge >= 0.3 is 0 Å². The number of hydrogen-bond acceptors (Lipinski definition) is 5. The molecule has 0 aliphatic carbocycles. The Bertz CT molecular complexity index is 1410. The number of rotatable bonds is 7. The number of carbonyl (C=O) groups is 1. The van der Waals surface area contributed by atoms with Crippen molar-refractivity contribution in [2.24, 2.45) is 0 Å². The monoisotopic (exact) mass is 497 g/mol. The Labute approximate surface area is 214 Å². The average Bonchev–Trinajstić information content (AvgIpc) is 3.16. The normalized spacial score (nSPS) is 14.7. The fourth-order valence-corrected chi connectivity index (χ4v) is 5.24. The van der Waals surface area contributed by atoms with Crippen molar-refractivity contribution in [1.82, 2.24) is 0 Å². The van der Waals surface area contributed by atoms with E-state index in [0.29, 0.717) is 22.4 Å². The highest BCUT2D eigenvalue weighted by atomic mass is 32.2. The van der Waals surface area contributed by atoms with Gasteiger partial charge in [0.05, 0.1) is 17.2 Å². The third-order valence-corrected chi connectivity index (χ3v) is 6.95. The predicted molar refractivity (Wildman–Crippen MR) is 148 cm³/mol. The molecule has 174 valence electrons. The van der Waals surface area contributed by atoms with E-state index in [1.165, 1.54) is 22.5 Å². The lowest BCUT2D eigenvalue weighted by Gasteiger charge is -2.15. The second-order valence-electron chi connectivity index (χ2n) is 7.94. The molecule has 4 aromatic rings. The number of thioether (sulfide) groups is 1. The Hall–Kier alpha value is -3.61. The SMILES string of the molecule is CCOc1ccc(N2C(=O)/C(=C\c3ccc(OCc4cccc5ccccc45)cc3)SC2=S)cc1. The minimum absolute atomic E-state index is 0.125. The van der Waals surface area contributed by atoms with Gasteiger partial charge in [-0.15, -0.1) is 0 Å². The molecule has 1 aliphatic heterocycles. The summed E-state index contributed by atoms with van der Waals surface area (Å²) in [7, 11) is 0. The maximum atomic E-state index is 13.1. The van der Waals surface area contributed by atoms with E-state index >= 15 is 0 Å². The largest absolute Gasteiger partial charge is 0.494 e. The van der Waals surface area contributed by atoms with Crippen LogP contribution in [0.25, 0.3) is 16.8 Å². The molecule has 1 aliphatic rings. The van der Waals surface area contributed by atoms with Crippen LogP contribution < -0.4 is 14.4 Å². The smallest absolute Gasteiger partial charge is 0.270 e. The van der Waals surface area contributed by atoms with Gasteiger partial charge < -0.3 is 9.47 Å². The number of nitrogens with zero attached hydrogens (tertiary/aromatic N) is 1. The van der Waals surface area contributed by atoms with E-state index in [9.17, 15) is 4.79 Å². The van der Waals surface area contributed by atoms with Crippen molar-refractivity contribution in [3.05, 3.63) is 107 Å². The van der Waals surface area contributed by atoms with Gasteiger partial charge in [-0.2, -0.15) is 0 Å². The third-order valence-electron chi connectivity index (χ3n) is 5.65. The Morgan fingerprint density at radius 1 is 0.857 bits per heavy atom. The Morgan fingerprint density at radius 2 is 1.54 bits per heavy atom. The standard InChI is InChI=1S/C29H23NO3S2/c1-2-32-24-16-12-23(13-17-24)30-28(31)27(35-29(30)34)18-20-10-14-25(15-11-20)33-19-22-8-5-7-21-6-3-4-9-26(21)22/h3-18H,2,19H2,1H3/b27-18+. The zero-order chi connectivity index (χ0) is 24.2. The van der Waals surface area contributed by atoms with Crippen LogP contribution in [-0.2, 0) is 11.4 Å². The van der Waals surface area contributed by atoms with E-state index in [1.807, 2.05) is 79.7 Å². The summed E-state index contributed by atoms with van der Waals surface area (Å²) in [6.07, 6.45) is 1.86. The first-order chi connectivity index (χ1) is 17.1. The highest BCUT2D eigenvalue weighted by Gasteiger charge is 2.33. The van der Waals surface area contributed by atoms with Gasteiger partial charge in [0.25, 0.3) is 5.91 Å². The molecule has 1 heterocycles. The van der Waals surface area contributed by atoms with E-state index in [2.05, 4.69) is 24.3 Å². The molecule has 5 rings (SSSR count). The maximum Gasteiger partial charge on any atom is 0.270 e. The first kappa shape index (κ1) is 23.1. The van der Waals surface area contributed by atoms with Crippen LogP contribution in [0.5, 0.6) is 11.5 Å². The summed E-state index contributed by atoms with van der Waals surface area (Å²) in [6.45, 7) is 3.02. The van der Waals surface area contributed by atoms with Crippen molar-refractivity contribution in [3.8, 4) is 11.5 Å². The minimum atomic E-state index is -0.125. The topological polar surface area (TPSA) is 38.8 Å². The van der Waals surface area contributed by atoms with Crippen LogP contribution in [0, 0.1) is 0 Å². The number of anilines is 1. The number of amides is 1. The molecule has 0 saturated carbocycles. The fraction of sp³-hybridized carbons (Fsp3) is 0.103. The van der Waals surface area contributed by atoms with Crippen LogP contribution in [0.15, 0.2) is 95.9 Å². The highest BCUT2D eigenvalue weighted by Crippen LogP contribution is 2.36. The zero-order valence-corrected chi connectivity index (χ0v) is 20.8. The van der Waals surface area contributed by atoms with Gasteiger partial charge in [-0.1, -0.05) is 78.6 Å². The molecule has 1 fully saturated rings. The van der Waals surface area contributed by atoms with Crippen molar-refractivity contribution in [2.45, 2.75) is 13.5 Å². The fourth-order valence-electron chi connectivity index (χ4n) is 3.94. The van der Waals surface area contributed by atoms with Gasteiger partial charge in [0, 0.05) is 0 Å². The summed E-state index contributed by atoms with van der Waals surface area (Å²) >= 11 is 6.79. The van der Waals surface area contributed by atoms with Crippen molar-refractivity contribution in [3.63, 3.8) is 0 Å². The first-order valence-electron chi connectivity index (χ1n) is 11.3. The lowest BCUT2D eigenvalue weighted by atomic mass is 10.1. The zero-order valence-electron chi connectivity index (χ0n) is 19.1. The molecule has 1 saturated heterocycles. The maximum absolute atomic E-state index is 13.1. The predicted octanol–water partition coefficient (Wildman–Crippen LogP) is 7.22. The van der Waals surface area contributed by atoms with Crippen LogP contribution in [0.2, 0.25) is 0 Å². The van der Waals surface area contributed by atoms with Crippen molar-refractivity contribution < 1.29 is 14.3 Å². The van der Waals surface area contributed by atoms with Crippen LogP contribution >= 0.6 is 24.0 Å². The molecule has 35 heavy (non-hydrogen) atoms. The van der Waals surface area contributed by atoms with Gasteiger partial charge in [0.15, 0.2) is 4.32 Å². The molecule has 0 N–H and O–H groups in total. The number of carbonyl (C=O) groups excluding carboxylic acids is 1. The number of fused-ring (bicyclic) bond motifs is 1. The van der Waals surface area contributed by atoms with E-state index in [0.717, 1.165) is 28.3 Å². The summed E-state index contributed by atoms with van der Waals surface area (Å²) < 4.78 is 12.0. The van der Waals surface area contributed by atoms with E-state index in [-0.39, 0.29) is 5.91 Å². The quantitative estimate of drug-likeness (QED) is 0.199. The average molecular weight is 498 g/mol. The molecule has 0 aromatic heterocycles. The van der Waals surface area contributed by atoms with Gasteiger partial charge in [0.1, 0.15) is 18.1 Å². The highest BCUT2D eigenvalue weighted by molar-refractivity contribution is 8.27. The molecule has 0 spiro atoms. The number of ether oxygens (including phenoxy) is 2. The molecular formula is C29H23NO3S2. The Balaban J connectivity index is 1.27. The first-order valence-corrected chi connectivity index (χ1v) is 12.5. The van der Waals surface area contributed by atoms with Gasteiger partial charge in [-0.05, 0) is 71.3 Å². The van der Waals surface area contributed by atoms with Crippen LogP contribution in [0.4, 0.5) is 5.69 Å². The third kappa shape index (κ3) is 5.09. The Morgan fingerprint density at radius 3 is 2.31 bits per heavy atom.